The maximum atomic E-state index is 4.26. The Hall–Kier alpha value is -1.55. The second kappa shape index (κ2) is 11.1. The fraction of sp³-hybridized carbons (Fsp3) is 0.632. The van der Waals surface area contributed by atoms with E-state index in [1.165, 1.54) is 11.1 Å². The van der Waals surface area contributed by atoms with Crippen LogP contribution in [0.1, 0.15) is 43.7 Å². The molecule has 1 rings (SSSR count). The average Bonchev–Trinajstić information content (AvgIpc) is 2.53. The number of guanidine groups is 1. The van der Waals surface area contributed by atoms with Crippen LogP contribution < -0.4 is 10.6 Å². The molecule has 0 aliphatic heterocycles. The molecular formula is C19H34N4. The van der Waals surface area contributed by atoms with Gasteiger partial charge in [-0.2, -0.15) is 0 Å². The molecule has 0 heterocycles. The number of nitrogens with zero attached hydrogens (tertiary/aromatic N) is 2. The molecule has 0 aliphatic carbocycles. The minimum Gasteiger partial charge on any atom is -0.356 e. The van der Waals surface area contributed by atoms with E-state index in [0.717, 1.165) is 44.9 Å². The Kier molecular flexibility index (Phi) is 9.37. The zero-order chi connectivity index (χ0) is 17.1. The van der Waals surface area contributed by atoms with Crippen molar-refractivity contribution in [3.63, 3.8) is 0 Å². The van der Waals surface area contributed by atoms with Crippen LogP contribution in [-0.2, 0) is 6.42 Å². The zero-order valence-corrected chi connectivity index (χ0v) is 15.5. The predicted molar refractivity (Wildman–Crippen MR) is 101 cm³/mol. The summed E-state index contributed by atoms with van der Waals surface area (Å²) in [5, 5.41) is 6.74. The van der Waals surface area contributed by atoms with Gasteiger partial charge >= 0.3 is 0 Å². The van der Waals surface area contributed by atoms with E-state index in [1.54, 1.807) is 0 Å². The fourth-order valence-electron chi connectivity index (χ4n) is 2.39. The van der Waals surface area contributed by atoms with Crippen LogP contribution in [0.4, 0.5) is 0 Å². The molecule has 4 nitrogen and oxygen atoms in total. The lowest BCUT2D eigenvalue weighted by atomic mass is 10.0. The largest absolute Gasteiger partial charge is 0.356 e. The van der Waals surface area contributed by atoms with E-state index < -0.39 is 0 Å². The zero-order valence-electron chi connectivity index (χ0n) is 15.5. The Labute approximate surface area is 142 Å². The van der Waals surface area contributed by atoms with E-state index in [0.29, 0.717) is 5.92 Å². The SMILES string of the molecule is CN=C(NCCCc1ccc(C(C)C)cc1)NCCCN(C)C. The molecule has 0 atom stereocenters. The number of hydrogen-bond acceptors (Lipinski definition) is 2. The standard InChI is InChI=1S/C19H34N4/c1-16(2)18-11-9-17(10-12-18)8-6-13-21-19(20-3)22-14-7-15-23(4)5/h9-12,16H,6-8,13-15H2,1-5H3,(H2,20,21,22). The average molecular weight is 319 g/mol. The van der Waals surface area contributed by atoms with Crippen molar-refractivity contribution < 1.29 is 0 Å². The highest BCUT2D eigenvalue weighted by molar-refractivity contribution is 5.79. The lowest BCUT2D eigenvalue weighted by Crippen LogP contribution is -2.39. The van der Waals surface area contributed by atoms with Gasteiger partial charge < -0.3 is 15.5 Å². The summed E-state index contributed by atoms with van der Waals surface area (Å²) in [6.07, 6.45) is 3.33. The van der Waals surface area contributed by atoms with E-state index in [2.05, 4.69) is 72.7 Å². The first kappa shape index (κ1) is 19.5. The number of hydrogen-bond donors (Lipinski definition) is 2. The smallest absolute Gasteiger partial charge is 0.190 e. The summed E-state index contributed by atoms with van der Waals surface area (Å²) in [6, 6.07) is 9.00. The molecule has 1 aromatic rings. The third kappa shape index (κ3) is 8.60. The van der Waals surface area contributed by atoms with Crippen LogP contribution in [-0.4, -0.2) is 51.6 Å². The first-order valence-electron chi connectivity index (χ1n) is 8.71. The topological polar surface area (TPSA) is 39.7 Å². The summed E-state index contributed by atoms with van der Waals surface area (Å²) < 4.78 is 0. The Bertz CT molecular complexity index is 449. The molecule has 0 spiro atoms. The molecule has 4 heteroatoms. The first-order chi connectivity index (χ1) is 11.0. The van der Waals surface area contributed by atoms with Gasteiger partial charge in [-0.3, -0.25) is 4.99 Å². The summed E-state index contributed by atoms with van der Waals surface area (Å²) in [6.45, 7) is 7.45. The molecule has 1 aromatic carbocycles. The van der Waals surface area contributed by atoms with Crippen LogP contribution in [0.15, 0.2) is 29.3 Å². The quantitative estimate of drug-likeness (QED) is 0.418. The lowest BCUT2D eigenvalue weighted by molar-refractivity contribution is 0.399. The molecule has 0 amide bonds. The number of aryl methyl sites for hydroxylation is 1. The van der Waals surface area contributed by atoms with Gasteiger partial charge in [-0.05, 0) is 56.9 Å². The Morgan fingerprint density at radius 1 is 1.04 bits per heavy atom. The summed E-state index contributed by atoms with van der Waals surface area (Å²) >= 11 is 0. The Morgan fingerprint density at radius 2 is 1.65 bits per heavy atom. The van der Waals surface area contributed by atoms with Gasteiger partial charge in [0.1, 0.15) is 0 Å². The van der Waals surface area contributed by atoms with Crippen molar-refractivity contribution in [3.05, 3.63) is 35.4 Å². The summed E-state index contributed by atoms with van der Waals surface area (Å²) in [4.78, 5) is 6.46. The second-order valence-electron chi connectivity index (χ2n) is 6.58. The van der Waals surface area contributed by atoms with Crippen LogP contribution in [0.25, 0.3) is 0 Å². The van der Waals surface area contributed by atoms with E-state index >= 15 is 0 Å². The van der Waals surface area contributed by atoms with E-state index in [-0.39, 0.29) is 0 Å². The Balaban J connectivity index is 2.19. The summed E-state index contributed by atoms with van der Waals surface area (Å²) in [7, 11) is 6.02. The fourth-order valence-corrected chi connectivity index (χ4v) is 2.39. The van der Waals surface area contributed by atoms with Gasteiger partial charge in [-0.1, -0.05) is 38.1 Å². The van der Waals surface area contributed by atoms with Crippen molar-refractivity contribution in [3.8, 4) is 0 Å². The van der Waals surface area contributed by atoms with E-state index in [4.69, 9.17) is 0 Å². The van der Waals surface area contributed by atoms with Crippen LogP contribution in [0, 0.1) is 0 Å². The van der Waals surface area contributed by atoms with Crippen LogP contribution in [0.3, 0.4) is 0 Å². The van der Waals surface area contributed by atoms with Crippen LogP contribution >= 0.6 is 0 Å². The van der Waals surface area contributed by atoms with Crippen LogP contribution in [0.2, 0.25) is 0 Å². The van der Waals surface area contributed by atoms with Gasteiger partial charge in [0.25, 0.3) is 0 Å². The van der Waals surface area contributed by atoms with Crippen molar-refractivity contribution >= 4 is 5.96 Å². The molecule has 0 aliphatic rings. The molecule has 0 radical (unpaired) electrons. The van der Waals surface area contributed by atoms with Crippen molar-refractivity contribution in [2.75, 3.05) is 40.8 Å². The molecular weight excluding hydrogens is 284 g/mol. The maximum absolute atomic E-state index is 4.26. The molecule has 0 unspecified atom stereocenters. The highest BCUT2D eigenvalue weighted by Crippen LogP contribution is 2.15. The molecule has 0 saturated heterocycles. The monoisotopic (exact) mass is 318 g/mol. The second-order valence-corrected chi connectivity index (χ2v) is 6.58. The van der Waals surface area contributed by atoms with Gasteiger partial charge in [-0.15, -0.1) is 0 Å². The van der Waals surface area contributed by atoms with Crippen molar-refractivity contribution in [1.29, 1.82) is 0 Å². The van der Waals surface area contributed by atoms with Gasteiger partial charge in [0.05, 0.1) is 0 Å². The van der Waals surface area contributed by atoms with Gasteiger partial charge in [0.2, 0.25) is 0 Å². The predicted octanol–water partition coefficient (Wildman–Crippen LogP) is 2.86. The van der Waals surface area contributed by atoms with Gasteiger partial charge in [0, 0.05) is 20.1 Å². The molecule has 0 aromatic heterocycles. The van der Waals surface area contributed by atoms with Crippen molar-refractivity contribution in [2.24, 2.45) is 4.99 Å². The highest BCUT2D eigenvalue weighted by Gasteiger charge is 2.00. The number of rotatable bonds is 9. The number of aliphatic imine (C=N–C) groups is 1. The molecule has 0 bridgehead atoms. The van der Waals surface area contributed by atoms with Gasteiger partial charge in [-0.25, -0.2) is 0 Å². The van der Waals surface area contributed by atoms with Crippen molar-refractivity contribution in [2.45, 2.75) is 39.0 Å². The number of benzene rings is 1. The molecule has 130 valence electrons. The first-order valence-corrected chi connectivity index (χ1v) is 8.71. The minimum absolute atomic E-state index is 0.604. The number of nitrogens with one attached hydrogen (secondary N) is 2. The molecule has 0 saturated carbocycles. The third-order valence-corrected chi connectivity index (χ3v) is 3.88. The highest BCUT2D eigenvalue weighted by atomic mass is 15.2. The lowest BCUT2D eigenvalue weighted by Gasteiger charge is -2.13. The van der Waals surface area contributed by atoms with E-state index in [1.807, 2.05) is 7.05 Å². The van der Waals surface area contributed by atoms with Crippen LogP contribution in [0.5, 0.6) is 0 Å². The van der Waals surface area contributed by atoms with E-state index in [9.17, 15) is 0 Å². The summed E-state index contributed by atoms with van der Waals surface area (Å²) in [5.41, 5.74) is 2.82. The third-order valence-electron chi connectivity index (χ3n) is 3.88. The minimum atomic E-state index is 0.604. The van der Waals surface area contributed by atoms with Gasteiger partial charge in [0.15, 0.2) is 5.96 Å². The van der Waals surface area contributed by atoms with Crippen molar-refractivity contribution in [1.82, 2.24) is 15.5 Å². The normalized spacial score (nSPS) is 12.0. The maximum Gasteiger partial charge on any atom is 0.190 e. The molecule has 23 heavy (non-hydrogen) atoms. The Morgan fingerprint density at radius 3 is 2.17 bits per heavy atom. The molecule has 0 fully saturated rings. The molecule has 2 N–H and O–H groups in total. The summed E-state index contributed by atoms with van der Waals surface area (Å²) in [5.74, 6) is 1.51.